The molecule has 0 aliphatic rings. The zero-order valence-corrected chi connectivity index (χ0v) is 53.9. The van der Waals surface area contributed by atoms with Gasteiger partial charge in [0.25, 0.3) is 0 Å². The summed E-state index contributed by atoms with van der Waals surface area (Å²) >= 11 is 0. The van der Waals surface area contributed by atoms with Gasteiger partial charge in [0.05, 0.1) is 0 Å². The molecule has 1 atom stereocenters. The summed E-state index contributed by atoms with van der Waals surface area (Å²) < 4.78 is 16.9. The van der Waals surface area contributed by atoms with Gasteiger partial charge in [-0.05, 0) is 83.5 Å². The standard InChI is InChI=1S/C74H136O6/c1-4-7-10-13-16-19-21-23-25-27-29-30-31-32-33-34-35-36-37-38-39-40-41-42-43-44-46-47-49-51-53-55-58-61-64-67-73(76)79-70-71(69-78-72(75)66-63-60-57-18-15-12-9-6-3)80-74(77)68-65-62-59-56-54-52-50-48-45-28-26-24-22-20-17-14-11-8-5-2/h17,20-21,23-24,26-27,29,71H,4-16,18-19,22,25,28,30-70H2,1-3H3/b20-17-,23-21-,26-24-,29-27-. The second kappa shape index (κ2) is 68.9. The number of hydrogen-bond acceptors (Lipinski definition) is 6. The van der Waals surface area contributed by atoms with E-state index >= 15 is 0 Å². The number of rotatable bonds is 66. The summed E-state index contributed by atoms with van der Waals surface area (Å²) in [6, 6.07) is 0. The molecule has 0 aliphatic heterocycles. The van der Waals surface area contributed by atoms with Gasteiger partial charge in [-0.25, -0.2) is 0 Å². The van der Waals surface area contributed by atoms with Crippen LogP contribution in [0.1, 0.15) is 387 Å². The van der Waals surface area contributed by atoms with Gasteiger partial charge in [-0.15, -0.1) is 0 Å². The third-order valence-corrected chi connectivity index (χ3v) is 16.1. The Hall–Kier alpha value is -2.63. The van der Waals surface area contributed by atoms with Crippen molar-refractivity contribution in [3.05, 3.63) is 48.6 Å². The molecule has 6 heteroatoms. The van der Waals surface area contributed by atoms with E-state index in [4.69, 9.17) is 14.2 Å². The van der Waals surface area contributed by atoms with Crippen molar-refractivity contribution in [1.82, 2.24) is 0 Å². The maximum absolute atomic E-state index is 12.9. The van der Waals surface area contributed by atoms with Crippen molar-refractivity contribution in [2.45, 2.75) is 393 Å². The lowest BCUT2D eigenvalue weighted by Crippen LogP contribution is -2.30. The van der Waals surface area contributed by atoms with Crippen LogP contribution in [0, 0.1) is 0 Å². The molecule has 0 radical (unpaired) electrons. The smallest absolute Gasteiger partial charge is 0.306 e. The minimum absolute atomic E-state index is 0.0694. The molecule has 0 aliphatic carbocycles. The van der Waals surface area contributed by atoms with Crippen LogP contribution in [0.25, 0.3) is 0 Å². The molecule has 0 aromatic carbocycles. The number of carbonyl (C=O) groups excluding carboxylic acids is 3. The molecule has 0 saturated carbocycles. The molecular weight excluding hydrogens is 985 g/mol. The van der Waals surface area contributed by atoms with Gasteiger partial charge in [-0.3, -0.25) is 14.4 Å². The van der Waals surface area contributed by atoms with Crippen molar-refractivity contribution in [2.75, 3.05) is 13.2 Å². The van der Waals surface area contributed by atoms with Crippen LogP contribution in [0.3, 0.4) is 0 Å². The first-order chi connectivity index (χ1) is 39.5. The molecule has 468 valence electrons. The molecule has 0 heterocycles. The van der Waals surface area contributed by atoms with Gasteiger partial charge in [-0.1, -0.05) is 333 Å². The van der Waals surface area contributed by atoms with E-state index in [2.05, 4.69) is 69.4 Å². The molecular formula is C74H136O6. The first-order valence-corrected chi connectivity index (χ1v) is 35.6. The number of allylic oxidation sites excluding steroid dienone is 8. The molecule has 0 spiro atoms. The summed E-state index contributed by atoms with van der Waals surface area (Å²) in [6.07, 6.45) is 87.5. The van der Waals surface area contributed by atoms with Crippen molar-refractivity contribution >= 4 is 17.9 Å². The van der Waals surface area contributed by atoms with Crippen LogP contribution in [0.15, 0.2) is 48.6 Å². The van der Waals surface area contributed by atoms with Gasteiger partial charge in [0, 0.05) is 19.3 Å². The maximum atomic E-state index is 12.9. The minimum Gasteiger partial charge on any atom is -0.462 e. The Labute approximate surface area is 498 Å². The highest BCUT2D eigenvalue weighted by Gasteiger charge is 2.19. The van der Waals surface area contributed by atoms with E-state index in [1.165, 1.54) is 276 Å². The third kappa shape index (κ3) is 66.2. The van der Waals surface area contributed by atoms with Crippen LogP contribution in [0.4, 0.5) is 0 Å². The van der Waals surface area contributed by atoms with Crippen LogP contribution in [-0.2, 0) is 28.6 Å². The van der Waals surface area contributed by atoms with E-state index in [1.807, 2.05) is 0 Å². The Morgan fingerprint density at radius 1 is 0.250 bits per heavy atom. The largest absolute Gasteiger partial charge is 0.462 e. The first kappa shape index (κ1) is 77.4. The fourth-order valence-electron chi connectivity index (χ4n) is 10.7. The van der Waals surface area contributed by atoms with E-state index in [-0.39, 0.29) is 31.1 Å². The van der Waals surface area contributed by atoms with Gasteiger partial charge in [0.15, 0.2) is 6.10 Å². The Kier molecular flexibility index (Phi) is 66.6. The van der Waals surface area contributed by atoms with Gasteiger partial charge in [0.2, 0.25) is 0 Å². The lowest BCUT2D eigenvalue weighted by molar-refractivity contribution is -0.167. The zero-order valence-electron chi connectivity index (χ0n) is 53.9. The lowest BCUT2D eigenvalue weighted by Gasteiger charge is -2.18. The molecule has 0 amide bonds. The van der Waals surface area contributed by atoms with Crippen LogP contribution in [0.5, 0.6) is 0 Å². The summed E-state index contributed by atoms with van der Waals surface area (Å²) in [7, 11) is 0. The van der Waals surface area contributed by atoms with Crippen molar-refractivity contribution in [3.8, 4) is 0 Å². The second-order valence-electron chi connectivity index (χ2n) is 24.1. The molecule has 0 aromatic heterocycles. The predicted molar refractivity (Wildman–Crippen MR) is 349 cm³/mol. The number of carbonyl (C=O) groups is 3. The molecule has 0 rings (SSSR count). The van der Waals surface area contributed by atoms with Crippen molar-refractivity contribution in [3.63, 3.8) is 0 Å². The molecule has 0 aromatic rings. The number of esters is 3. The van der Waals surface area contributed by atoms with E-state index in [1.54, 1.807) is 0 Å². The summed E-state index contributed by atoms with van der Waals surface area (Å²) in [5.41, 5.74) is 0. The number of ether oxygens (including phenoxy) is 3. The normalized spacial score (nSPS) is 12.3. The topological polar surface area (TPSA) is 78.9 Å². The SMILES string of the molecule is CCCCC/C=C\C/C=C\CCCCCCCCCCCC(=O)OC(COC(=O)CCCCCCCCCC)COC(=O)CCCCCCCCCCCCCCCCCCCCCCCCC/C=C\C/C=C\CCCCCCC. The molecule has 0 bridgehead atoms. The fraction of sp³-hybridized carbons (Fsp3) is 0.851. The Bertz CT molecular complexity index is 1380. The van der Waals surface area contributed by atoms with E-state index in [0.717, 1.165) is 70.6 Å². The summed E-state index contributed by atoms with van der Waals surface area (Å²) in [5.74, 6) is -0.855. The maximum Gasteiger partial charge on any atom is 0.306 e. The molecule has 0 saturated heterocycles. The van der Waals surface area contributed by atoms with Crippen molar-refractivity contribution in [1.29, 1.82) is 0 Å². The summed E-state index contributed by atoms with van der Waals surface area (Å²) in [5, 5.41) is 0. The van der Waals surface area contributed by atoms with Gasteiger partial charge in [0.1, 0.15) is 13.2 Å². The molecule has 80 heavy (non-hydrogen) atoms. The quantitative estimate of drug-likeness (QED) is 0.0261. The highest BCUT2D eigenvalue weighted by atomic mass is 16.6. The second-order valence-corrected chi connectivity index (χ2v) is 24.1. The van der Waals surface area contributed by atoms with Gasteiger partial charge >= 0.3 is 17.9 Å². The average Bonchev–Trinajstić information content (AvgIpc) is 3.46. The molecule has 1 unspecified atom stereocenters. The fourth-order valence-corrected chi connectivity index (χ4v) is 10.7. The van der Waals surface area contributed by atoms with Crippen LogP contribution >= 0.6 is 0 Å². The van der Waals surface area contributed by atoms with Gasteiger partial charge < -0.3 is 14.2 Å². The summed E-state index contributed by atoms with van der Waals surface area (Å²) in [6.45, 7) is 6.63. The van der Waals surface area contributed by atoms with E-state index < -0.39 is 6.10 Å². The lowest BCUT2D eigenvalue weighted by atomic mass is 10.0. The Morgan fingerprint density at radius 3 is 0.713 bits per heavy atom. The highest BCUT2D eigenvalue weighted by Crippen LogP contribution is 2.18. The van der Waals surface area contributed by atoms with Gasteiger partial charge in [-0.2, -0.15) is 0 Å². The van der Waals surface area contributed by atoms with E-state index in [0.29, 0.717) is 19.3 Å². The van der Waals surface area contributed by atoms with Crippen LogP contribution < -0.4 is 0 Å². The van der Waals surface area contributed by atoms with Crippen LogP contribution in [0.2, 0.25) is 0 Å². The minimum atomic E-state index is -0.771. The molecule has 6 nitrogen and oxygen atoms in total. The Morgan fingerprint density at radius 2 is 0.450 bits per heavy atom. The molecule has 0 fully saturated rings. The monoisotopic (exact) mass is 1120 g/mol. The Balaban J connectivity index is 3.98. The van der Waals surface area contributed by atoms with Crippen molar-refractivity contribution < 1.29 is 28.6 Å². The summed E-state index contributed by atoms with van der Waals surface area (Å²) in [4.78, 5) is 38.2. The zero-order chi connectivity index (χ0) is 57.8. The number of unbranched alkanes of at least 4 members (excludes halogenated alkanes) is 47. The predicted octanol–water partition coefficient (Wildman–Crippen LogP) is 24.5. The average molecular weight is 1120 g/mol. The molecule has 0 N–H and O–H groups in total. The first-order valence-electron chi connectivity index (χ1n) is 35.6. The highest BCUT2D eigenvalue weighted by molar-refractivity contribution is 5.71. The number of hydrogen-bond donors (Lipinski definition) is 0. The van der Waals surface area contributed by atoms with Crippen LogP contribution in [-0.4, -0.2) is 37.2 Å². The van der Waals surface area contributed by atoms with E-state index in [9.17, 15) is 14.4 Å². The third-order valence-electron chi connectivity index (χ3n) is 16.1. The van der Waals surface area contributed by atoms with Crippen molar-refractivity contribution in [2.24, 2.45) is 0 Å².